The number of phenolic OH excluding ortho intramolecular Hbond substituents is 2. The van der Waals surface area contributed by atoms with Gasteiger partial charge in [0.1, 0.15) is 11.5 Å². The summed E-state index contributed by atoms with van der Waals surface area (Å²) < 4.78 is 0. The summed E-state index contributed by atoms with van der Waals surface area (Å²) in [6, 6.07) is 5.72. The Morgan fingerprint density at radius 3 is 2.43 bits per heavy atom. The molecule has 1 saturated carbocycles. The Labute approximate surface area is 126 Å². The Hall–Kier alpha value is -1.26. The van der Waals surface area contributed by atoms with Gasteiger partial charge >= 0.3 is 0 Å². The van der Waals surface area contributed by atoms with Crippen LogP contribution in [0.3, 0.4) is 0 Å². The summed E-state index contributed by atoms with van der Waals surface area (Å²) in [4.78, 5) is 2.51. The summed E-state index contributed by atoms with van der Waals surface area (Å²) in [5.41, 5.74) is 0.992. The molecule has 1 saturated heterocycles. The molecule has 3 N–H and O–H groups in total. The second kappa shape index (κ2) is 6.24. The van der Waals surface area contributed by atoms with E-state index in [1.165, 1.54) is 31.7 Å². The Bertz CT molecular complexity index is 461. The van der Waals surface area contributed by atoms with Gasteiger partial charge in [-0.2, -0.15) is 0 Å². The van der Waals surface area contributed by atoms with Crippen LogP contribution in [0.4, 0.5) is 0 Å². The number of hydrogen-bond donors (Lipinski definition) is 3. The maximum Gasteiger partial charge on any atom is 0.119 e. The predicted octanol–water partition coefficient (Wildman–Crippen LogP) is 2.62. The number of phenols is 2. The van der Waals surface area contributed by atoms with Gasteiger partial charge in [-0.15, -0.1) is 0 Å². The highest BCUT2D eigenvalue weighted by Crippen LogP contribution is 2.34. The largest absolute Gasteiger partial charge is 0.508 e. The van der Waals surface area contributed by atoms with Crippen molar-refractivity contribution in [3.63, 3.8) is 0 Å². The first-order chi connectivity index (χ1) is 10.1. The van der Waals surface area contributed by atoms with Crippen molar-refractivity contribution < 1.29 is 10.2 Å². The minimum Gasteiger partial charge on any atom is -0.508 e. The average Bonchev–Trinajstić information content (AvgIpc) is 3.10. The third kappa shape index (κ3) is 3.89. The lowest BCUT2D eigenvalue weighted by atomic mass is 10.0. The molecule has 116 valence electrons. The van der Waals surface area contributed by atoms with E-state index in [0.717, 1.165) is 31.1 Å². The Balaban J connectivity index is 1.73. The zero-order valence-corrected chi connectivity index (χ0v) is 12.8. The van der Waals surface area contributed by atoms with Crippen LogP contribution in [0.5, 0.6) is 11.5 Å². The van der Waals surface area contributed by atoms with E-state index < -0.39 is 0 Å². The fourth-order valence-electron chi connectivity index (χ4n) is 3.29. The molecule has 1 aromatic carbocycles. The molecule has 2 unspecified atom stereocenters. The molecule has 1 heterocycles. The molecule has 1 aliphatic carbocycles. The molecule has 2 fully saturated rings. The molecule has 4 heteroatoms. The van der Waals surface area contributed by atoms with Crippen molar-refractivity contribution in [1.29, 1.82) is 0 Å². The third-order valence-corrected chi connectivity index (χ3v) is 4.76. The van der Waals surface area contributed by atoms with E-state index in [2.05, 4.69) is 17.1 Å². The average molecular weight is 290 g/mol. The summed E-state index contributed by atoms with van der Waals surface area (Å²) in [5, 5.41) is 23.0. The Kier molecular flexibility index (Phi) is 4.36. The second-order valence-corrected chi connectivity index (χ2v) is 6.65. The summed E-state index contributed by atoms with van der Waals surface area (Å²) >= 11 is 0. The van der Waals surface area contributed by atoms with Crippen LogP contribution in [0.1, 0.15) is 44.2 Å². The van der Waals surface area contributed by atoms with Gasteiger partial charge in [-0.25, -0.2) is 0 Å². The van der Waals surface area contributed by atoms with Crippen molar-refractivity contribution >= 4 is 0 Å². The lowest BCUT2D eigenvalue weighted by Crippen LogP contribution is -2.40. The van der Waals surface area contributed by atoms with Crippen LogP contribution in [0.25, 0.3) is 0 Å². The van der Waals surface area contributed by atoms with Gasteiger partial charge in [-0.3, -0.25) is 4.90 Å². The predicted molar refractivity (Wildman–Crippen MR) is 83.5 cm³/mol. The second-order valence-electron chi connectivity index (χ2n) is 6.65. The lowest BCUT2D eigenvalue weighted by Gasteiger charge is -2.32. The molecule has 0 aromatic heterocycles. The highest BCUT2D eigenvalue weighted by Gasteiger charge is 2.29. The van der Waals surface area contributed by atoms with Crippen molar-refractivity contribution in [3.05, 3.63) is 23.8 Å². The number of benzene rings is 1. The molecule has 2 atom stereocenters. The summed E-state index contributed by atoms with van der Waals surface area (Å²) in [5.74, 6) is 1.11. The first kappa shape index (κ1) is 14.7. The van der Waals surface area contributed by atoms with Gasteiger partial charge < -0.3 is 15.5 Å². The highest BCUT2D eigenvalue weighted by molar-refractivity contribution is 5.38. The van der Waals surface area contributed by atoms with Crippen molar-refractivity contribution in [1.82, 2.24) is 10.2 Å². The maximum atomic E-state index is 9.71. The maximum absolute atomic E-state index is 9.71. The van der Waals surface area contributed by atoms with Gasteiger partial charge in [0.05, 0.1) is 0 Å². The Morgan fingerprint density at radius 1 is 1.14 bits per heavy atom. The van der Waals surface area contributed by atoms with E-state index in [1.54, 1.807) is 12.1 Å². The fraction of sp³-hybridized carbons (Fsp3) is 0.647. The van der Waals surface area contributed by atoms with Crippen molar-refractivity contribution in [3.8, 4) is 11.5 Å². The quantitative estimate of drug-likeness (QED) is 0.754. The zero-order chi connectivity index (χ0) is 14.8. The van der Waals surface area contributed by atoms with Gasteiger partial charge in [0.15, 0.2) is 0 Å². The van der Waals surface area contributed by atoms with E-state index in [-0.39, 0.29) is 17.5 Å². The molecule has 2 aliphatic rings. The van der Waals surface area contributed by atoms with Crippen LogP contribution in [-0.4, -0.2) is 40.8 Å². The summed E-state index contributed by atoms with van der Waals surface area (Å²) in [6.07, 6.45) is 5.20. The number of rotatable bonds is 6. The van der Waals surface area contributed by atoms with Crippen LogP contribution in [-0.2, 0) is 0 Å². The van der Waals surface area contributed by atoms with Crippen LogP contribution in [0, 0.1) is 5.92 Å². The van der Waals surface area contributed by atoms with Crippen molar-refractivity contribution in [2.24, 2.45) is 5.92 Å². The van der Waals surface area contributed by atoms with Crippen LogP contribution in [0.2, 0.25) is 0 Å². The number of hydrogen-bond acceptors (Lipinski definition) is 4. The highest BCUT2D eigenvalue weighted by atomic mass is 16.3. The van der Waals surface area contributed by atoms with E-state index in [0.29, 0.717) is 6.04 Å². The van der Waals surface area contributed by atoms with Gasteiger partial charge in [0, 0.05) is 31.2 Å². The van der Waals surface area contributed by atoms with Gasteiger partial charge in [0.2, 0.25) is 0 Å². The molecule has 0 bridgehead atoms. The lowest BCUT2D eigenvalue weighted by molar-refractivity contribution is 0.183. The third-order valence-electron chi connectivity index (χ3n) is 4.76. The van der Waals surface area contributed by atoms with E-state index in [9.17, 15) is 10.2 Å². The SMILES string of the molecule is CC(c1cc(O)cc(O)c1)N(CC1CC1)CC1CCCN1. The van der Waals surface area contributed by atoms with Gasteiger partial charge in [-0.05, 0) is 62.8 Å². The van der Waals surface area contributed by atoms with E-state index >= 15 is 0 Å². The fourth-order valence-corrected chi connectivity index (χ4v) is 3.29. The molecule has 0 radical (unpaired) electrons. The smallest absolute Gasteiger partial charge is 0.119 e. The molecule has 21 heavy (non-hydrogen) atoms. The van der Waals surface area contributed by atoms with Gasteiger partial charge in [-0.1, -0.05) is 0 Å². The van der Waals surface area contributed by atoms with Gasteiger partial charge in [0.25, 0.3) is 0 Å². The molecule has 4 nitrogen and oxygen atoms in total. The molecule has 3 rings (SSSR count). The zero-order valence-electron chi connectivity index (χ0n) is 12.8. The molecule has 1 aliphatic heterocycles. The topological polar surface area (TPSA) is 55.7 Å². The van der Waals surface area contributed by atoms with E-state index in [1.807, 2.05) is 0 Å². The van der Waals surface area contributed by atoms with E-state index in [4.69, 9.17) is 0 Å². The van der Waals surface area contributed by atoms with Crippen molar-refractivity contribution in [2.45, 2.75) is 44.7 Å². The first-order valence-corrected chi connectivity index (χ1v) is 8.12. The van der Waals surface area contributed by atoms with Crippen LogP contribution < -0.4 is 5.32 Å². The summed E-state index contributed by atoms with van der Waals surface area (Å²) in [7, 11) is 0. The minimum absolute atomic E-state index is 0.141. The summed E-state index contributed by atoms with van der Waals surface area (Å²) in [6.45, 7) is 5.47. The monoisotopic (exact) mass is 290 g/mol. The number of nitrogens with one attached hydrogen (secondary N) is 1. The molecular weight excluding hydrogens is 264 g/mol. The number of nitrogens with zero attached hydrogens (tertiary/aromatic N) is 1. The molecular formula is C17H26N2O2. The standard InChI is InChI=1S/C17H26N2O2/c1-12(14-7-16(20)9-17(21)8-14)19(10-13-4-5-13)11-15-3-2-6-18-15/h7-9,12-13,15,18,20-21H,2-6,10-11H2,1H3. The minimum atomic E-state index is 0.141. The van der Waals surface area contributed by atoms with Crippen molar-refractivity contribution in [2.75, 3.05) is 19.6 Å². The Morgan fingerprint density at radius 2 is 1.86 bits per heavy atom. The molecule has 0 spiro atoms. The van der Waals surface area contributed by atoms with Crippen LogP contribution >= 0.6 is 0 Å². The first-order valence-electron chi connectivity index (χ1n) is 8.12. The normalized spacial score (nSPS) is 23.6. The van der Waals surface area contributed by atoms with Crippen LogP contribution in [0.15, 0.2) is 18.2 Å². The molecule has 1 aromatic rings. The molecule has 0 amide bonds. The number of aromatic hydroxyl groups is 2.